The molecule has 0 aromatic rings. The van der Waals surface area contributed by atoms with Gasteiger partial charge in [0.05, 0.1) is 0 Å². The molecule has 0 fully saturated rings. The highest BCUT2D eigenvalue weighted by Crippen LogP contribution is 2.13. The molecule has 9 nitrogen and oxygen atoms in total. The molecule has 0 spiro atoms. The van der Waals surface area contributed by atoms with Crippen molar-refractivity contribution < 1.29 is 29.4 Å². The smallest absolute Gasteiger partial charge is 0.326 e. The van der Waals surface area contributed by atoms with Crippen molar-refractivity contribution in [2.45, 2.75) is 161 Å². The van der Waals surface area contributed by atoms with E-state index in [0.29, 0.717) is 32.2 Å². The third kappa shape index (κ3) is 23.4. The van der Waals surface area contributed by atoms with E-state index >= 15 is 0 Å². The summed E-state index contributed by atoms with van der Waals surface area (Å²) in [5.74, 6) is -2.58. The second-order valence-electron chi connectivity index (χ2n) is 11.0. The zero-order chi connectivity index (χ0) is 29.3. The van der Waals surface area contributed by atoms with Crippen LogP contribution in [0.5, 0.6) is 0 Å². The minimum absolute atomic E-state index is 0.00262. The molecule has 0 aliphatic heterocycles. The Morgan fingerprint density at radius 3 is 1.59 bits per heavy atom. The number of hydrogen-bond donors (Lipinski definition) is 5. The first-order chi connectivity index (χ1) is 18.7. The number of nitrogens with one attached hydrogen (secondary N) is 3. The number of unbranched alkanes of at least 4 members (excludes halogenated alkanes) is 13. The minimum Gasteiger partial charge on any atom is -0.480 e. The second kappa shape index (κ2) is 24.9. The lowest BCUT2D eigenvalue weighted by Crippen LogP contribution is -2.41. The summed E-state index contributed by atoms with van der Waals surface area (Å²) in [5.41, 5.74) is 0. The number of rotatable bonds is 27. The summed E-state index contributed by atoms with van der Waals surface area (Å²) >= 11 is 0. The van der Waals surface area contributed by atoms with Gasteiger partial charge in [-0.15, -0.1) is 0 Å². The summed E-state index contributed by atoms with van der Waals surface area (Å²) < 4.78 is 0. The standard InChI is InChI=1S/C30H57N3O6/c1-4-5-6-7-8-9-10-11-12-13-14-15-16-20-28(35)33-26(30(38)39)21-22-27(34)31-23-18-17-19-25(29(36)37)32-24(2)3/h24-26,32H,4-23H2,1-3H3,(H,31,34)(H,33,35)(H,36,37)(H,38,39)/t25-,26-/m0/s1. The Bertz CT molecular complexity index is 671. The normalized spacial score (nSPS) is 12.7. The summed E-state index contributed by atoms with van der Waals surface area (Å²) in [4.78, 5) is 47.1. The van der Waals surface area contributed by atoms with Crippen molar-refractivity contribution in [1.29, 1.82) is 0 Å². The molecule has 0 aliphatic rings. The average molecular weight is 556 g/mol. The Morgan fingerprint density at radius 2 is 1.10 bits per heavy atom. The van der Waals surface area contributed by atoms with Crippen molar-refractivity contribution in [3.8, 4) is 0 Å². The quantitative estimate of drug-likeness (QED) is 0.0835. The Kier molecular flexibility index (Phi) is 23.5. The average Bonchev–Trinajstić information content (AvgIpc) is 2.87. The molecule has 0 radical (unpaired) electrons. The van der Waals surface area contributed by atoms with Crippen LogP contribution in [0.1, 0.15) is 143 Å². The van der Waals surface area contributed by atoms with Crippen molar-refractivity contribution in [2.24, 2.45) is 0 Å². The summed E-state index contributed by atoms with van der Waals surface area (Å²) in [6, 6.07) is -1.62. The summed E-state index contributed by atoms with van der Waals surface area (Å²) in [5, 5.41) is 26.9. The molecule has 2 amide bonds. The van der Waals surface area contributed by atoms with E-state index in [2.05, 4.69) is 22.9 Å². The lowest BCUT2D eigenvalue weighted by Gasteiger charge is -2.17. The van der Waals surface area contributed by atoms with Gasteiger partial charge in [0.2, 0.25) is 11.8 Å². The largest absolute Gasteiger partial charge is 0.480 e. The van der Waals surface area contributed by atoms with Crippen LogP contribution in [0.15, 0.2) is 0 Å². The fraction of sp³-hybridized carbons (Fsp3) is 0.867. The highest BCUT2D eigenvalue weighted by Gasteiger charge is 2.21. The first-order valence-corrected chi connectivity index (χ1v) is 15.4. The number of amides is 2. The van der Waals surface area contributed by atoms with E-state index in [1.54, 1.807) is 0 Å². The molecule has 0 aliphatic carbocycles. The van der Waals surface area contributed by atoms with Gasteiger partial charge in [-0.3, -0.25) is 14.4 Å². The fourth-order valence-corrected chi connectivity index (χ4v) is 4.57. The predicted octanol–water partition coefficient (Wildman–Crippen LogP) is 5.56. The molecule has 0 aromatic carbocycles. The summed E-state index contributed by atoms with van der Waals surface area (Å²) in [7, 11) is 0. The molecule has 5 N–H and O–H groups in total. The van der Waals surface area contributed by atoms with Gasteiger partial charge >= 0.3 is 11.9 Å². The molecule has 0 bridgehead atoms. The minimum atomic E-state index is -1.14. The number of carboxylic acid groups (broad SMARTS) is 2. The molecule has 0 saturated heterocycles. The van der Waals surface area contributed by atoms with Crippen LogP contribution < -0.4 is 16.0 Å². The molecule has 9 heteroatoms. The zero-order valence-corrected chi connectivity index (χ0v) is 24.9. The molecule has 0 saturated carbocycles. The topological polar surface area (TPSA) is 145 Å². The van der Waals surface area contributed by atoms with Crippen molar-refractivity contribution in [3.05, 3.63) is 0 Å². The number of hydrogen-bond acceptors (Lipinski definition) is 5. The van der Waals surface area contributed by atoms with Crippen LogP contribution in [0, 0.1) is 0 Å². The molecule has 228 valence electrons. The van der Waals surface area contributed by atoms with Gasteiger partial charge in [0.25, 0.3) is 0 Å². The maximum atomic E-state index is 12.2. The Balaban J connectivity index is 3.88. The molecular weight excluding hydrogens is 498 g/mol. The highest BCUT2D eigenvalue weighted by molar-refractivity contribution is 5.84. The third-order valence-corrected chi connectivity index (χ3v) is 6.88. The van der Waals surface area contributed by atoms with Crippen LogP contribution in [0.3, 0.4) is 0 Å². The molecular formula is C30H57N3O6. The predicted molar refractivity (Wildman–Crippen MR) is 156 cm³/mol. The Hall–Kier alpha value is -2.16. The molecule has 0 aromatic heterocycles. The van der Waals surface area contributed by atoms with Crippen molar-refractivity contribution in [3.63, 3.8) is 0 Å². The summed E-state index contributed by atoms with van der Waals surface area (Å²) in [6.45, 7) is 6.42. The van der Waals surface area contributed by atoms with E-state index in [1.807, 2.05) is 13.8 Å². The number of carbonyl (C=O) groups is 4. The lowest BCUT2D eigenvalue weighted by molar-refractivity contribution is -0.142. The van der Waals surface area contributed by atoms with Crippen LogP contribution in [0.2, 0.25) is 0 Å². The number of carbonyl (C=O) groups excluding carboxylic acids is 2. The van der Waals surface area contributed by atoms with Gasteiger partial charge in [0.1, 0.15) is 12.1 Å². The Labute approximate surface area is 236 Å². The van der Waals surface area contributed by atoms with Crippen LogP contribution in [0.4, 0.5) is 0 Å². The molecule has 0 rings (SSSR count). The van der Waals surface area contributed by atoms with Gasteiger partial charge in [0, 0.05) is 25.4 Å². The zero-order valence-electron chi connectivity index (χ0n) is 24.9. The van der Waals surface area contributed by atoms with Gasteiger partial charge in [-0.1, -0.05) is 97.8 Å². The van der Waals surface area contributed by atoms with E-state index in [1.165, 1.54) is 64.2 Å². The lowest BCUT2D eigenvalue weighted by atomic mass is 10.0. The second-order valence-corrected chi connectivity index (χ2v) is 11.0. The first-order valence-electron chi connectivity index (χ1n) is 15.4. The Morgan fingerprint density at radius 1 is 0.590 bits per heavy atom. The van der Waals surface area contributed by atoms with Crippen molar-refractivity contribution in [2.75, 3.05) is 6.54 Å². The third-order valence-electron chi connectivity index (χ3n) is 6.88. The van der Waals surface area contributed by atoms with Gasteiger partial charge in [-0.25, -0.2) is 4.79 Å². The SMILES string of the molecule is CCCCCCCCCCCCCCCC(=O)N[C@@H](CCC(=O)NCCCC[C@H](NC(C)C)C(=O)O)C(=O)O. The van der Waals surface area contributed by atoms with Crippen LogP contribution in [-0.2, 0) is 19.2 Å². The van der Waals surface area contributed by atoms with Crippen molar-refractivity contribution in [1.82, 2.24) is 16.0 Å². The van der Waals surface area contributed by atoms with E-state index < -0.39 is 24.0 Å². The first kappa shape index (κ1) is 36.8. The maximum Gasteiger partial charge on any atom is 0.326 e. The van der Waals surface area contributed by atoms with Crippen LogP contribution >= 0.6 is 0 Å². The summed E-state index contributed by atoms with van der Waals surface area (Å²) in [6.07, 6.45) is 17.9. The van der Waals surface area contributed by atoms with Gasteiger partial charge in [-0.05, 0) is 32.1 Å². The monoisotopic (exact) mass is 555 g/mol. The maximum absolute atomic E-state index is 12.2. The fourth-order valence-electron chi connectivity index (χ4n) is 4.57. The molecule has 39 heavy (non-hydrogen) atoms. The number of carboxylic acids is 2. The van der Waals surface area contributed by atoms with Crippen molar-refractivity contribution >= 4 is 23.8 Å². The molecule has 0 heterocycles. The van der Waals surface area contributed by atoms with E-state index in [9.17, 15) is 29.4 Å². The van der Waals surface area contributed by atoms with Crippen LogP contribution in [0.25, 0.3) is 0 Å². The molecule has 2 atom stereocenters. The van der Waals surface area contributed by atoms with Gasteiger partial charge in [0.15, 0.2) is 0 Å². The van der Waals surface area contributed by atoms with Gasteiger partial charge in [-0.2, -0.15) is 0 Å². The van der Waals surface area contributed by atoms with Gasteiger partial charge < -0.3 is 26.2 Å². The molecule has 0 unspecified atom stereocenters. The van der Waals surface area contributed by atoms with Crippen LogP contribution in [-0.4, -0.2) is 58.6 Å². The van der Waals surface area contributed by atoms with E-state index in [4.69, 9.17) is 0 Å². The highest BCUT2D eigenvalue weighted by atomic mass is 16.4. The number of aliphatic carboxylic acids is 2. The van der Waals surface area contributed by atoms with E-state index in [-0.39, 0.29) is 30.7 Å². The van der Waals surface area contributed by atoms with E-state index in [0.717, 1.165) is 19.3 Å².